The first-order valence-electron chi connectivity index (χ1n) is 7.84. The molecule has 3 aromatic rings. The lowest BCUT2D eigenvalue weighted by Crippen LogP contribution is -2.22. The van der Waals surface area contributed by atoms with Crippen LogP contribution in [0.5, 0.6) is 0 Å². The molecule has 0 bridgehead atoms. The van der Waals surface area contributed by atoms with E-state index in [1.165, 1.54) is 23.3 Å². The highest BCUT2D eigenvalue weighted by Crippen LogP contribution is 2.40. The fourth-order valence-corrected chi connectivity index (χ4v) is 4.50. The van der Waals surface area contributed by atoms with Crippen molar-refractivity contribution in [3.05, 3.63) is 69.3 Å². The smallest absolute Gasteiger partial charge is 0.186 e. The third-order valence-corrected chi connectivity index (χ3v) is 5.98. The number of anilines is 1. The summed E-state index contributed by atoms with van der Waals surface area (Å²) in [6.07, 6.45) is 2.21. The number of aryl methyl sites for hydroxylation is 1. The molecule has 1 unspecified atom stereocenters. The maximum Gasteiger partial charge on any atom is 0.186 e. The van der Waals surface area contributed by atoms with E-state index in [1.807, 2.05) is 5.38 Å². The van der Waals surface area contributed by atoms with Crippen molar-refractivity contribution in [2.24, 2.45) is 0 Å². The first-order chi connectivity index (χ1) is 11.6. The Bertz CT molecular complexity index is 875. The summed E-state index contributed by atoms with van der Waals surface area (Å²) in [5.41, 5.74) is 4.65. The Kier molecular flexibility index (Phi) is 4.14. The summed E-state index contributed by atoms with van der Waals surface area (Å²) in [4.78, 5) is 7.02. The number of hydrogen-bond acceptors (Lipinski definition) is 3. The predicted octanol–water partition coefficient (Wildman–Crippen LogP) is 5.84. The minimum Gasteiger partial charge on any atom is -0.344 e. The van der Waals surface area contributed by atoms with Crippen molar-refractivity contribution in [3.63, 3.8) is 0 Å². The van der Waals surface area contributed by atoms with E-state index in [0.717, 1.165) is 33.7 Å². The van der Waals surface area contributed by atoms with Gasteiger partial charge in [-0.15, -0.1) is 11.3 Å². The lowest BCUT2D eigenvalue weighted by atomic mass is 10.1. The standard InChI is InChI=1S/C19H16BrFN2S/c1-23(18-9-5-12-2-6-14(20)10-16(12)18)19-22-17(11-24-19)13-3-7-15(21)8-4-13/h2-4,6-8,10-11,18H,5,9H2,1H3. The Morgan fingerprint density at radius 3 is 2.79 bits per heavy atom. The zero-order valence-electron chi connectivity index (χ0n) is 13.2. The summed E-state index contributed by atoms with van der Waals surface area (Å²) in [5, 5.41) is 3.03. The van der Waals surface area contributed by atoms with Gasteiger partial charge in [0, 0.05) is 22.5 Å². The molecule has 2 aromatic carbocycles. The van der Waals surface area contributed by atoms with Gasteiger partial charge in [0.1, 0.15) is 5.82 Å². The van der Waals surface area contributed by atoms with E-state index in [1.54, 1.807) is 23.5 Å². The first kappa shape index (κ1) is 15.8. The number of hydrogen-bond donors (Lipinski definition) is 0. The second kappa shape index (κ2) is 6.30. The molecule has 24 heavy (non-hydrogen) atoms. The molecular formula is C19H16BrFN2S. The second-order valence-electron chi connectivity index (χ2n) is 6.03. The number of nitrogens with zero attached hydrogens (tertiary/aromatic N) is 2. The Morgan fingerprint density at radius 2 is 2.00 bits per heavy atom. The highest BCUT2D eigenvalue weighted by atomic mass is 79.9. The minimum absolute atomic E-state index is 0.223. The summed E-state index contributed by atoms with van der Waals surface area (Å²) in [7, 11) is 2.11. The fourth-order valence-electron chi connectivity index (χ4n) is 3.27. The highest BCUT2D eigenvalue weighted by Gasteiger charge is 2.27. The molecule has 0 saturated heterocycles. The molecule has 0 saturated carbocycles. The topological polar surface area (TPSA) is 16.1 Å². The number of thiazole rings is 1. The van der Waals surface area contributed by atoms with Crippen molar-refractivity contribution in [2.75, 3.05) is 11.9 Å². The Balaban J connectivity index is 1.62. The van der Waals surface area contributed by atoms with Crippen LogP contribution in [0, 0.1) is 5.82 Å². The van der Waals surface area contributed by atoms with E-state index in [9.17, 15) is 4.39 Å². The molecule has 0 spiro atoms. The molecule has 1 heterocycles. The van der Waals surface area contributed by atoms with Gasteiger partial charge in [0.25, 0.3) is 0 Å². The third-order valence-electron chi connectivity index (χ3n) is 4.56. The van der Waals surface area contributed by atoms with Gasteiger partial charge in [-0.2, -0.15) is 0 Å². The molecule has 0 fully saturated rings. The van der Waals surface area contributed by atoms with Crippen molar-refractivity contribution in [1.29, 1.82) is 0 Å². The van der Waals surface area contributed by atoms with Crippen molar-refractivity contribution in [3.8, 4) is 11.3 Å². The molecule has 122 valence electrons. The molecule has 0 aliphatic heterocycles. The largest absolute Gasteiger partial charge is 0.344 e. The van der Waals surface area contributed by atoms with E-state index >= 15 is 0 Å². The minimum atomic E-state index is -0.223. The zero-order valence-corrected chi connectivity index (χ0v) is 15.6. The van der Waals surface area contributed by atoms with Crippen molar-refractivity contribution < 1.29 is 4.39 Å². The SMILES string of the molecule is CN(c1nc(-c2ccc(F)cc2)cs1)C1CCc2ccc(Br)cc21. The molecule has 5 heteroatoms. The molecular weight excluding hydrogens is 387 g/mol. The van der Waals surface area contributed by atoms with Gasteiger partial charge in [0.05, 0.1) is 11.7 Å². The number of aromatic nitrogens is 1. The van der Waals surface area contributed by atoms with E-state index in [4.69, 9.17) is 4.98 Å². The summed E-state index contributed by atoms with van der Waals surface area (Å²) >= 11 is 5.21. The Morgan fingerprint density at radius 1 is 1.21 bits per heavy atom. The Hall–Kier alpha value is -1.72. The molecule has 0 radical (unpaired) electrons. The summed E-state index contributed by atoms with van der Waals surface area (Å²) in [6.45, 7) is 0. The number of fused-ring (bicyclic) bond motifs is 1. The molecule has 1 aliphatic carbocycles. The average Bonchev–Trinajstić information content (AvgIpc) is 3.21. The van der Waals surface area contributed by atoms with E-state index in [-0.39, 0.29) is 5.82 Å². The van der Waals surface area contributed by atoms with Crippen LogP contribution in [0.4, 0.5) is 9.52 Å². The molecule has 0 N–H and O–H groups in total. The van der Waals surface area contributed by atoms with Gasteiger partial charge < -0.3 is 4.90 Å². The maximum atomic E-state index is 13.1. The van der Waals surface area contributed by atoms with E-state index in [0.29, 0.717) is 6.04 Å². The van der Waals surface area contributed by atoms with Crippen molar-refractivity contribution in [2.45, 2.75) is 18.9 Å². The number of rotatable bonds is 3. The van der Waals surface area contributed by atoms with Gasteiger partial charge in [-0.05, 0) is 60.4 Å². The van der Waals surface area contributed by atoms with Crippen LogP contribution >= 0.6 is 27.3 Å². The maximum absolute atomic E-state index is 13.1. The predicted molar refractivity (Wildman–Crippen MR) is 101 cm³/mol. The van der Waals surface area contributed by atoms with Crippen LogP contribution in [0.3, 0.4) is 0 Å². The van der Waals surface area contributed by atoms with Crippen LogP contribution in [0.2, 0.25) is 0 Å². The molecule has 2 nitrogen and oxygen atoms in total. The first-order valence-corrected chi connectivity index (χ1v) is 9.52. The van der Waals surface area contributed by atoms with Crippen LogP contribution in [-0.2, 0) is 6.42 Å². The molecule has 1 aliphatic rings. The summed E-state index contributed by atoms with van der Waals surface area (Å²) in [5.74, 6) is -0.223. The lowest BCUT2D eigenvalue weighted by molar-refractivity contribution is 0.628. The van der Waals surface area contributed by atoms with Gasteiger partial charge in [-0.3, -0.25) is 0 Å². The zero-order chi connectivity index (χ0) is 16.7. The quantitative estimate of drug-likeness (QED) is 0.547. The third kappa shape index (κ3) is 2.87. The van der Waals surface area contributed by atoms with E-state index < -0.39 is 0 Å². The lowest BCUT2D eigenvalue weighted by Gasteiger charge is -2.25. The molecule has 0 amide bonds. The fraction of sp³-hybridized carbons (Fsp3) is 0.211. The van der Waals surface area contributed by atoms with Crippen LogP contribution < -0.4 is 4.90 Å². The van der Waals surface area contributed by atoms with Gasteiger partial charge >= 0.3 is 0 Å². The second-order valence-corrected chi connectivity index (χ2v) is 7.78. The van der Waals surface area contributed by atoms with Crippen LogP contribution in [-0.4, -0.2) is 12.0 Å². The normalized spacial score (nSPS) is 16.2. The number of benzene rings is 2. The van der Waals surface area contributed by atoms with Crippen molar-refractivity contribution in [1.82, 2.24) is 4.98 Å². The summed E-state index contributed by atoms with van der Waals surface area (Å²) in [6, 6.07) is 13.4. The van der Waals surface area contributed by atoms with Gasteiger partial charge in [-0.1, -0.05) is 22.0 Å². The van der Waals surface area contributed by atoms with Gasteiger partial charge in [-0.25, -0.2) is 9.37 Å². The van der Waals surface area contributed by atoms with Crippen LogP contribution in [0.15, 0.2) is 52.3 Å². The Labute approximate surface area is 153 Å². The highest BCUT2D eigenvalue weighted by molar-refractivity contribution is 9.10. The van der Waals surface area contributed by atoms with Crippen molar-refractivity contribution >= 4 is 32.4 Å². The van der Waals surface area contributed by atoms with E-state index in [2.05, 4.69) is 46.1 Å². The molecule has 1 aromatic heterocycles. The monoisotopic (exact) mass is 402 g/mol. The number of halogens is 2. The van der Waals surface area contributed by atoms with Gasteiger partial charge in [0.2, 0.25) is 0 Å². The average molecular weight is 403 g/mol. The van der Waals surface area contributed by atoms with Crippen LogP contribution in [0.25, 0.3) is 11.3 Å². The van der Waals surface area contributed by atoms with Crippen LogP contribution in [0.1, 0.15) is 23.6 Å². The summed E-state index contributed by atoms with van der Waals surface area (Å²) < 4.78 is 14.2. The molecule has 1 atom stereocenters. The van der Waals surface area contributed by atoms with Gasteiger partial charge in [0.15, 0.2) is 5.13 Å². The molecule has 4 rings (SSSR count).